The quantitative estimate of drug-likeness (QED) is 0.364. The number of carbonyl (C=O) groups is 1. The third-order valence-corrected chi connectivity index (χ3v) is 10.5. The monoisotopic (exact) mass is 500 g/mol. The van der Waals surface area contributed by atoms with E-state index in [2.05, 4.69) is 41.9 Å². The van der Waals surface area contributed by atoms with Gasteiger partial charge in [0.1, 0.15) is 5.78 Å². The predicted octanol–water partition coefficient (Wildman–Crippen LogP) is 6.82. The lowest BCUT2D eigenvalue weighted by Crippen LogP contribution is -2.52. The molecular formula is C28H37BrO3. The van der Waals surface area contributed by atoms with Gasteiger partial charge in [-0.15, -0.1) is 0 Å². The zero-order chi connectivity index (χ0) is 22.7. The van der Waals surface area contributed by atoms with Crippen LogP contribution in [0, 0.1) is 34.5 Å². The second kappa shape index (κ2) is 8.06. The molecule has 0 aromatic heterocycles. The Bertz CT molecular complexity index is 940. The van der Waals surface area contributed by atoms with Gasteiger partial charge in [0.15, 0.2) is 5.79 Å². The molecule has 4 heteroatoms. The fraction of sp³-hybridized carbons (Fsp3) is 0.679. The molecule has 7 unspecified atom stereocenters. The Morgan fingerprint density at radius 2 is 1.97 bits per heavy atom. The van der Waals surface area contributed by atoms with Crippen LogP contribution in [0.5, 0.6) is 0 Å². The summed E-state index contributed by atoms with van der Waals surface area (Å²) in [7, 11) is 0. The molecule has 4 aliphatic rings. The summed E-state index contributed by atoms with van der Waals surface area (Å²) >= 11 is 3.52. The molecule has 32 heavy (non-hydrogen) atoms. The minimum atomic E-state index is -1.07. The highest BCUT2D eigenvalue weighted by Gasteiger charge is 2.60. The van der Waals surface area contributed by atoms with Gasteiger partial charge < -0.3 is 9.84 Å². The van der Waals surface area contributed by atoms with E-state index in [-0.39, 0.29) is 16.7 Å². The number of hydrogen-bond donors (Lipinski definition) is 1. The van der Waals surface area contributed by atoms with Crippen molar-refractivity contribution in [2.24, 2.45) is 34.5 Å². The molecule has 0 spiro atoms. The van der Waals surface area contributed by atoms with Crippen molar-refractivity contribution < 1.29 is 14.6 Å². The summed E-state index contributed by atoms with van der Waals surface area (Å²) in [6, 6.07) is 8.10. The third kappa shape index (κ3) is 3.65. The van der Waals surface area contributed by atoms with Gasteiger partial charge in [0, 0.05) is 23.2 Å². The minimum absolute atomic E-state index is 0.157. The van der Waals surface area contributed by atoms with Gasteiger partial charge in [-0.1, -0.05) is 53.6 Å². The number of halogens is 1. The maximum atomic E-state index is 12.4. The molecule has 174 valence electrons. The van der Waals surface area contributed by atoms with E-state index in [1.165, 1.54) is 24.8 Å². The minimum Gasteiger partial charge on any atom is -0.365 e. The third-order valence-electron chi connectivity index (χ3n) is 10.0. The number of rotatable bonds is 4. The van der Waals surface area contributed by atoms with Crippen LogP contribution in [0.4, 0.5) is 0 Å². The predicted molar refractivity (Wildman–Crippen MR) is 130 cm³/mol. The maximum Gasteiger partial charge on any atom is 0.169 e. The number of aliphatic hydroxyl groups is 1. The van der Waals surface area contributed by atoms with Gasteiger partial charge in [0.05, 0.1) is 6.61 Å². The van der Waals surface area contributed by atoms with Crippen LogP contribution < -0.4 is 0 Å². The molecule has 0 aliphatic heterocycles. The highest BCUT2D eigenvalue weighted by Crippen LogP contribution is 2.66. The van der Waals surface area contributed by atoms with Crippen molar-refractivity contribution in [3.8, 4) is 0 Å². The first-order chi connectivity index (χ1) is 15.1. The van der Waals surface area contributed by atoms with Gasteiger partial charge >= 0.3 is 0 Å². The van der Waals surface area contributed by atoms with Crippen molar-refractivity contribution in [2.75, 3.05) is 0 Å². The zero-order valence-electron chi connectivity index (χ0n) is 19.7. The van der Waals surface area contributed by atoms with Crippen LogP contribution in [0.15, 0.2) is 40.4 Å². The summed E-state index contributed by atoms with van der Waals surface area (Å²) in [6.07, 6.45) is 10.5. The number of fused-ring (bicyclic) bond motifs is 5. The molecule has 4 aliphatic carbocycles. The fourth-order valence-electron chi connectivity index (χ4n) is 8.25. The van der Waals surface area contributed by atoms with Gasteiger partial charge in [-0.25, -0.2) is 0 Å². The van der Waals surface area contributed by atoms with Gasteiger partial charge in [0.2, 0.25) is 0 Å². The normalized spacial score (nSPS) is 43.1. The van der Waals surface area contributed by atoms with Gasteiger partial charge in [-0.05, 0) is 91.7 Å². The molecule has 0 saturated heterocycles. The second-order valence-electron chi connectivity index (χ2n) is 11.6. The average Bonchev–Trinajstić information content (AvgIpc) is 3.11. The molecule has 5 rings (SSSR count). The van der Waals surface area contributed by atoms with Gasteiger partial charge in [-0.2, -0.15) is 0 Å². The van der Waals surface area contributed by atoms with Crippen LogP contribution in [0.25, 0.3) is 0 Å². The van der Waals surface area contributed by atoms with E-state index >= 15 is 0 Å². The molecule has 1 aromatic rings. The van der Waals surface area contributed by atoms with E-state index in [1.54, 1.807) is 6.92 Å². The molecule has 3 saturated carbocycles. The largest absolute Gasteiger partial charge is 0.365 e. The fourth-order valence-corrected chi connectivity index (χ4v) is 8.70. The summed E-state index contributed by atoms with van der Waals surface area (Å²) in [5.74, 6) is 1.60. The Kier molecular flexibility index (Phi) is 5.74. The number of ether oxygens (including phenoxy) is 1. The van der Waals surface area contributed by atoms with E-state index in [0.29, 0.717) is 43.0 Å². The molecule has 1 N–H and O–H groups in total. The molecule has 0 amide bonds. The summed E-state index contributed by atoms with van der Waals surface area (Å²) < 4.78 is 7.16. The lowest BCUT2D eigenvalue weighted by atomic mass is 9.47. The van der Waals surface area contributed by atoms with Gasteiger partial charge in [-0.3, -0.25) is 4.79 Å². The van der Waals surface area contributed by atoms with E-state index in [1.807, 2.05) is 18.2 Å². The van der Waals surface area contributed by atoms with E-state index in [9.17, 15) is 9.90 Å². The Morgan fingerprint density at radius 3 is 2.72 bits per heavy atom. The molecule has 3 nitrogen and oxygen atoms in total. The van der Waals surface area contributed by atoms with E-state index < -0.39 is 5.79 Å². The number of carbonyl (C=O) groups excluding carboxylic acids is 1. The lowest BCUT2D eigenvalue weighted by molar-refractivity contribution is -0.231. The molecule has 3 fully saturated rings. The van der Waals surface area contributed by atoms with Crippen molar-refractivity contribution in [3.05, 3.63) is 46.0 Å². The number of allylic oxidation sites excluding steroid dienone is 1. The smallest absolute Gasteiger partial charge is 0.169 e. The van der Waals surface area contributed by atoms with Crippen LogP contribution in [-0.4, -0.2) is 16.7 Å². The first-order valence-electron chi connectivity index (χ1n) is 12.5. The first-order valence-corrected chi connectivity index (χ1v) is 13.2. The van der Waals surface area contributed by atoms with Crippen LogP contribution in [0.3, 0.4) is 0 Å². The Balaban J connectivity index is 1.33. The Labute approximate surface area is 201 Å². The van der Waals surface area contributed by atoms with Crippen molar-refractivity contribution in [2.45, 2.75) is 84.5 Å². The van der Waals surface area contributed by atoms with Crippen molar-refractivity contribution in [3.63, 3.8) is 0 Å². The first kappa shape index (κ1) is 22.8. The number of benzene rings is 1. The van der Waals surface area contributed by atoms with Crippen molar-refractivity contribution in [1.82, 2.24) is 0 Å². The average molecular weight is 502 g/mol. The molecule has 7 atom stereocenters. The van der Waals surface area contributed by atoms with E-state index in [0.717, 1.165) is 29.3 Å². The van der Waals surface area contributed by atoms with Gasteiger partial charge in [0.25, 0.3) is 0 Å². The van der Waals surface area contributed by atoms with Crippen LogP contribution in [0.1, 0.15) is 77.7 Å². The molecule has 0 heterocycles. The Hall–Kier alpha value is -0.970. The molecule has 1 aromatic carbocycles. The number of ketones is 1. The summed E-state index contributed by atoms with van der Waals surface area (Å²) in [5, 5.41) is 11.3. The maximum absolute atomic E-state index is 12.4. The zero-order valence-corrected chi connectivity index (χ0v) is 21.3. The summed E-state index contributed by atoms with van der Waals surface area (Å²) in [4.78, 5) is 12.4. The van der Waals surface area contributed by atoms with E-state index in [4.69, 9.17) is 4.74 Å². The molecular weight excluding hydrogens is 464 g/mol. The topological polar surface area (TPSA) is 46.5 Å². The van der Waals surface area contributed by atoms with Crippen LogP contribution >= 0.6 is 15.9 Å². The summed E-state index contributed by atoms with van der Waals surface area (Å²) in [6.45, 7) is 7.09. The number of hydrogen-bond acceptors (Lipinski definition) is 3. The molecule has 0 bridgehead atoms. The summed E-state index contributed by atoms with van der Waals surface area (Å²) in [5.41, 5.74) is 2.83. The Morgan fingerprint density at radius 1 is 1.16 bits per heavy atom. The number of Topliss-reactive ketones (excluding diaryl/α,β-unsaturated/α-hetero) is 1. The highest BCUT2D eigenvalue weighted by atomic mass is 79.9. The van der Waals surface area contributed by atoms with Crippen molar-refractivity contribution >= 4 is 21.7 Å². The molecule has 0 radical (unpaired) electrons. The standard InChI is InChI=1S/C28H37BrO3/c1-18(30)23-9-10-24-22-8-7-20-16-28(31,32-17-19-5-4-6-21(29)15-19)14-13-26(20,2)25(22)11-12-27(23,24)3/h4-7,15,22-25,31H,8-14,16-17H2,1-3H3. The SMILES string of the molecule is CC(=O)C1CCC2C3CC=C4CC(O)(OCc5cccc(Br)c5)CCC4(C)C3CCC12C. The van der Waals surface area contributed by atoms with Crippen LogP contribution in [0.2, 0.25) is 0 Å². The van der Waals surface area contributed by atoms with Crippen molar-refractivity contribution in [1.29, 1.82) is 0 Å². The second-order valence-corrected chi connectivity index (χ2v) is 12.5. The van der Waals surface area contributed by atoms with Crippen LogP contribution in [-0.2, 0) is 16.1 Å². The lowest BCUT2D eigenvalue weighted by Gasteiger charge is -2.58. The highest BCUT2D eigenvalue weighted by molar-refractivity contribution is 9.10.